The van der Waals surface area contributed by atoms with Crippen LogP contribution in [0.5, 0.6) is 0 Å². The lowest BCUT2D eigenvalue weighted by Gasteiger charge is -2.41. The molecule has 1 unspecified atom stereocenters. The maximum absolute atomic E-state index is 6.35. The van der Waals surface area contributed by atoms with E-state index in [9.17, 15) is 0 Å². The molecule has 0 aromatic carbocycles. The first-order valence-corrected chi connectivity index (χ1v) is 10.6. The molecule has 156 valence electrons. The maximum Gasteiger partial charge on any atom is 0.133 e. The number of aliphatic imine (C=N–C) groups is 1. The third-order valence-corrected chi connectivity index (χ3v) is 5.60. The van der Waals surface area contributed by atoms with Crippen molar-refractivity contribution in [3.8, 4) is 0 Å². The minimum atomic E-state index is -0.0506. The molecular weight excluding hydrogens is 409 g/mol. The predicted octanol–water partition coefficient (Wildman–Crippen LogP) is 3.31. The molecule has 0 radical (unpaired) electrons. The molecular formula is C20H27Cl2N7. The molecule has 1 aliphatic heterocycles. The van der Waals surface area contributed by atoms with E-state index in [2.05, 4.69) is 32.1 Å². The normalized spacial score (nSPS) is 16.7. The molecule has 0 bridgehead atoms. The summed E-state index contributed by atoms with van der Waals surface area (Å²) in [5, 5.41) is 1.14. The summed E-state index contributed by atoms with van der Waals surface area (Å²) in [6, 6.07) is 3.98. The van der Waals surface area contributed by atoms with Crippen molar-refractivity contribution in [1.82, 2.24) is 20.3 Å². The minimum Gasteiger partial charge on any atom is -0.366 e. The maximum atomic E-state index is 6.35. The highest BCUT2D eigenvalue weighted by Crippen LogP contribution is 2.34. The highest BCUT2D eigenvalue weighted by molar-refractivity contribution is 6.38. The lowest BCUT2D eigenvalue weighted by Crippen LogP contribution is -2.52. The van der Waals surface area contributed by atoms with E-state index in [0.717, 1.165) is 62.7 Å². The Morgan fingerprint density at radius 3 is 2.38 bits per heavy atom. The van der Waals surface area contributed by atoms with Crippen molar-refractivity contribution in [2.75, 3.05) is 37.6 Å². The van der Waals surface area contributed by atoms with E-state index in [0.29, 0.717) is 10.0 Å². The molecule has 0 aliphatic carbocycles. The molecule has 1 atom stereocenters. The zero-order valence-corrected chi connectivity index (χ0v) is 18.1. The zero-order chi connectivity index (χ0) is 20.6. The monoisotopic (exact) mass is 435 g/mol. The quantitative estimate of drug-likeness (QED) is 0.228. The topological polar surface area (TPSA) is 82.7 Å². The number of nitrogens with one attached hydrogen (secondary N) is 1. The van der Waals surface area contributed by atoms with E-state index in [1.165, 1.54) is 0 Å². The van der Waals surface area contributed by atoms with Gasteiger partial charge in [-0.15, -0.1) is 0 Å². The van der Waals surface area contributed by atoms with Crippen LogP contribution in [-0.4, -0.2) is 53.4 Å². The molecule has 2 aromatic rings. The number of unbranched alkanes of at least 4 members (excludes halogenated alkanes) is 1. The van der Waals surface area contributed by atoms with Gasteiger partial charge in [0.05, 0.1) is 21.8 Å². The lowest BCUT2D eigenvalue weighted by molar-refractivity contribution is 0.226. The van der Waals surface area contributed by atoms with E-state index in [1.807, 2.05) is 12.1 Å². The third-order valence-electron chi connectivity index (χ3n) is 5.05. The molecule has 0 amide bonds. The van der Waals surface area contributed by atoms with Crippen molar-refractivity contribution in [2.24, 2.45) is 10.8 Å². The van der Waals surface area contributed by atoms with Gasteiger partial charge in [-0.25, -0.2) is 5.84 Å². The molecule has 29 heavy (non-hydrogen) atoms. The number of halogens is 2. The highest BCUT2D eigenvalue weighted by atomic mass is 35.5. The average molecular weight is 436 g/mol. The van der Waals surface area contributed by atoms with Crippen molar-refractivity contribution in [1.29, 1.82) is 0 Å². The summed E-state index contributed by atoms with van der Waals surface area (Å²) in [4.78, 5) is 17.5. The van der Waals surface area contributed by atoms with E-state index < -0.39 is 0 Å². The van der Waals surface area contributed by atoms with Gasteiger partial charge in [-0.05, 0) is 24.1 Å². The largest absolute Gasteiger partial charge is 0.366 e. The van der Waals surface area contributed by atoms with Gasteiger partial charge in [-0.3, -0.25) is 19.9 Å². The van der Waals surface area contributed by atoms with Crippen LogP contribution >= 0.6 is 23.2 Å². The molecule has 7 nitrogen and oxygen atoms in total. The number of rotatable bonds is 7. The van der Waals surface area contributed by atoms with Crippen molar-refractivity contribution in [2.45, 2.75) is 25.8 Å². The van der Waals surface area contributed by atoms with Crippen molar-refractivity contribution in [3.63, 3.8) is 0 Å². The summed E-state index contributed by atoms with van der Waals surface area (Å²) >= 11 is 12.7. The van der Waals surface area contributed by atoms with Gasteiger partial charge < -0.3 is 10.3 Å². The molecule has 3 N–H and O–H groups in total. The molecule has 1 fully saturated rings. The van der Waals surface area contributed by atoms with Crippen LogP contribution in [0.15, 0.2) is 41.9 Å². The summed E-state index contributed by atoms with van der Waals surface area (Å²) in [6.45, 7) is 6.11. The summed E-state index contributed by atoms with van der Waals surface area (Å²) in [6.07, 6.45) is 8.98. The average Bonchev–Trinajstić information content (AvgIpc) is 2.74. The van der Waals surface area contributed by atoms with Crippen molar-refractivity contribution < 1.29 is 0 Å². The Balaban J connectivity index is 1.80. The Kier molecular flexibility index (Phi) is 8.06. The first-order chi connectivity index (χ1) is 14.2. The van der Waals surface area contributed by atoms with Crippen LogP contribution in [0.2, 0.25) is 10.0 Å². The lowest BCUT2D eigenvalue weighted by atomic mass is 10.0. The van der Waals surface area contributed by atoms with Crippen molar-refractivity contribution >= 4 is 34.7 Å². The van der Waals surface area contributed by atoms with E-state index in [-0.39, 0.29) is 6.04 Å². The fourth-order valence-electron chi connectivity index (χ4n) is 3.57. The second-order valence-electron chi connectivity index (χ2n) is 6.92. The summed E-state index contributed by atoms with van der Waals surface area (Å²) in [7, 11) is 0. The van der Waals surface area contributed by atoms with Gasteiger partial charge in [-0.1, -0.05) is 36.5 Å². The molecule has 3 heterocycles. The number of piperazine rings is 1. The molecule has 0 spiro atoms. The molecule has 3 rings (SSSR count). The van der Waals surface area contributed by atoms with Crippen LogP contribution < -0.4 is 16.2 Å². The van der Waals surface area contributed by atoms with E-state index in [4.69, 9.17) is 34.0 Å². The van der Waals surface area contributed by atoms with Gasteiger partial charge >= 0.3 is 0 Å². The number of nitrogens with zero attached hydrogens (tertiary/aromatic N) is 5. The van der Waals surface area contributed by atoms with Gasteiger partial charge in [0.1, 0.15) is 5.84 Å². The Bertz CT molecular complexity index is 787. The summed E-state index contributed by atoms with van der Waals surface area (Å²) in [5.41, 5.74) is 4.80. The van der Waals surface area contributed by atoms with Crippen LogP contribution in [-0.2, 0) is 0 Å². The number of hydrazine groups is 1. The number of pyridine rings is 2. The molecule has 0 saturated carbocycles. The van der Waals surface area contributed by atoms with Gasteiger partial charge in [-0.2, -0.15) is 0 Å². The molecule has 1 aliphatic rings. The van der Waals surface area contributed by atoms with E-state index in [1.54, 1.807) is 24.8 Å². The number of hydrogen-bond donors (Lipinski definition) is 2. The predicted molar refractivity (Wildman–Crippen MR) is 120 cm³/mol. The SMILES string of the molecule is CCCCN=C(NN)C(c1ccncc1)N1CCN(c2c(Cl)cncc2Cl)CC1. The minimum absolute atomic E-state index is 0.0506. The fourth-order valence-corrected chi connectivity index (χ4v) is 4.17. The Labute approximate surface area is 181 Å². The third kappa shape index (κ3) is 5.36. The van der Waals surface area contributed by atoms with Crippen LogP contribution in [0.4, 0.5) is 5.69 Å². The Morgan fingerprint density at radius 2 is 1.79 bits per heavy atom. The Morgan fingerprint density at radius 1 is 1.14 bits per heavy atom. The first-order valence-electron chi connectivity index (χ1n) is 9.84. The van der Waals surface area contributed by atoms with Gasteiger partial charge in [0.2, 0.25) is 0 Å². The number of hydrogen-bond acceptors (Lipinski definition) is 6. The van der Waals surface area contributed by atoms with E-state index >= 15 is 0 Å². The van der Waals surface area contributed by atoms with Crippen LogP contribution in [0.3, 0.4) is 0 Å². The first kappa shape index (κ1) is 21.8. The smallest absolute Gasteiger partial charge is 0.133 e. The number of amidine groups is 1. The highest BCUT2D eigenvalue weighted by Gasteiger charge is 2.30. The zero-order valence-electron chi connectivity index (χ0n) is 16.6. The second-order valence-corrected chi connectivity index (χ2v) is 7.74. The standard InChI is InChI=1S/C20H27Cl2N7/c1-2-3-6-26-20(27-23)18(15-4-7-24-8-5-15)28-9-11-29(12-10-28)19-16(21)13-25-14-17(19)22/h4-5,7-8,13-14,18H,2-3,6,9-12,23H2,1H3,(H,26,27). The molecule has 9 heteroatoms. The number of anilines is 1. The van der Waals surface area contributed by atoms with Gasteiger partial charge in [0.25, 0.3) is 0 Å². The van der Waals surface area contributed by atoms with Crippen molar-refractivity contribution in [3.05, 3.63) is 52.5 Å². The molecule has 1 saturated heterocycles. The number of nitrogens with two attached hydrogens (primary N) is 1. The number of aromatic nitrogens is 2. The summed E-state index contributed by atoms with van der Waals surface area (Å²) < 4.78 is 0. The van der Waals surface area contributed by atoms with Gasteiger partial charge in [0.15, 0.2) is 0 Å². The Hall–Kier alpha value is -1.93. The van der Waals surface area contributed by atoms with Crippen LogP contribution in [0.1, 0.15) is 31.4 Å². The van der Waals surface area contributed by atoms with Crippen LogP contribution in [0.25, 0.3) is 0 Å². The van der Waals surface area contributed by atoms with Gasteiger partial charge in [0, 0.05) is 57.5 Å². The van der Waals surface area contributed by atoms with Crippen LogP contribution in [0, 0.1) is 0 Å². The fraction of sp³-hybridized carbons (Fsp3) is 0.450. The second kappa shape index (κ2) is 10.7. The summed E-state index contributed by atoms with van der Waals surface area (Å²) in [5.74, 6) is 6.66. The molecule has 2 aromatic heterocycles.